The molecule has 0 fully saturated rings. The second-order valence-electron chi connectivity index (χ2n) is 3.39. The van der Waals surface area contributed by atoms with E-state index in [-0.39, 0.29) is 5.43 Å². The van der Waals surface area contributed by atoms with Gasteiger partial charge in [0, 0.05) is 6.07 Å². The van der Waals surface area contributed by atoms with Crippen molar-refractivity contribution in [3.8, 4) is 6.07 Å². The minimum Gasteiger partial charge on any atom is -0.461 e. The lowest BCUT2D eigenvalue weighted by atomic mass is 10.1. The van der Waals surface area contributed by atoms with Crippen LogP contribution in [0.1, 0.15) is 11.3 Å². The smallest absolute Gasteiger partial charge is 0.192 e. The van der Waals surface area contributed by atoms with Crippen molar-refractivity contribution in [3.05, 3.63) is 45.8 Å². The third kappa shape index (κ3) is 1.75. The Labute approximate surface area is 86.6 Å². The molecule has 1 aromatic carbocycles. The van der Waals surface area contributed by atoms with Crippen molar-refractivity contribution in [3.63, 3.8) is 0 Å². The molecule has 0 radical (unpaired) electrons. The molecule has 74 valence electrons. The molecule has 2 aromatic rings. The Hall–Kier alpha value is -2.08. The van der Waals surface area contributed by atoms with Gasteiger partial charge in [-0.15, -0.1) is 0 Å². The third-order valence-corrected chi connectivity index (χ3v) is 2.20. The van der Waals surface area contributed by atoms with Gasteiger partial charge in [0.1, 0.15) is 11.3 Å². The predicted octanol–water partition coefficient (Wildman–Crippen LogP) is 2.17. The summed E-state index contributed by atoms with van der Waals surface area (Å²) in [6, 6.07) is 8.75. The maximum absolute atomic E-state index is 11.6. The van der Waals surface area contributed by atoms with E-state index in [1.165, 1.54) is 6.07 Å². The molecular weight excluding hydrogens is 190 g/mol. The summed E-state index contributed by atoms with van der Waals surface area (Å²) < 4.78 is 5.39. The second kappa shape index (κ2) is 3.58. The summed E-state index contributed by atoms with van der Waals surface area (Å²) in [5, 5.41) is 9.09. The summed E-state index contributed by atoms with van der Waals surface area (Å²) in [5.41, 5.74) is 1.34. The van der Waals surface area contributed by atoms with Gasteiger partial charge in [-0.1, -0.05) is 6.07 Å². The van der Waals surface area contributed by atoms with Crippen LogP contribution in [-0.2, 0) is 6.42 Å². The van der Waals surface area contributed by atoms with Crippen molar-refractivity contribution < 1.29 is 4.42 Å². The Morgan fingerprint density at radius 2 is 2.20 bits per heavy atom. The van der Waals surface area contributed by atoms with E-state index in [4.69, 9.17) is 9.68 Å². The lowest BCUT2D eigenvalue weighted by molar-refractivity contribution is 0.564. The van der Waals surface area contributed by atoms with E-state index < -0.39 is 0 Å². The van der Waals surface area contributed by atoms with Gasteiger partial charge in [0.15, 0.2) is 5.43 Å². The first-order valence-corrected chi connectivity index (χ1v) is 4.61. The van der Waals surface area contributed by atoms with E-state index in [9.17, 15) is 4.79 Å². The Balaban J connectivity index is 2.73. The number of hydrogen-bond acceptors (Lipinski definition) is 3. The second-order valence-corrected chi connectivity index (χ2v) is 3.39. The highest BCUT2D eigenvalue weighted by Crippen LogP contribution is 2.14. The van der Waals surface area contributed by atoms with Crippen LogP contribution in [-0.4, -0.2) is 0 Å². The standard InChI is InChI=1S/C12H9NO2/c1-8-6-11(14)10-7-9(4-5-13)2-3-12(10)15-8/h2-3,6-7H,4H2,1H3. The van der Waals surface area contributed by atoms with E-state index in [2.05, 4.69) is 0 Å². The number of nitrogens with zero attached hydrogens (tertiary/aromatic N) is 1. The molecule has 0 atom stereocenters. The van der Waals surface area contributed by atoms with E-state index in [0.717, 1.165) is 5.56 Å². The van der Waals surface area contributed by atoms with Crippen LogP contribution < -0.4 is 5.43 Å². The van der Waals surface area contributed by atoms with Gasteiger partial charge in [-0.3, -0.25) is 4.79 Å². The van der Waals surface area contributed by atoms with Crippen molar-refractivity contribution in [1.29, 1.82) is 5.26 Å². The van der Waals surface area contributed by atoms with Crippen LogP contribution in [0, 0.1) is 18.3 Å². The summed E-state index contributed by atoms with van der Waals surface area (Å²) in [6.45, 7) is 1.74. The van der Waals surface area contributed by atoms with Crippen LogP contribution in [0.15, 0.2) is 33.5 Å². The van der Waals surface area contributed by atoms with Gasteiger partial charge in [-0.2, -0.15) is 5.26 Å². The van der Waals surface area contributed by atoms with Crippen LogP contribution in [0.25, 0.3) is 11.0 Å². The average molecular weight is 199 g/mol. The molecule has 0 aliphatic heterocycles. The zero-order chi connectivity index (χ0) is 10.8. The zero-order valence-corrected chi connectivity index (χ0v) is 8.28. The highest BCUT2D eigenvalue weighted by molar-refractivity contribution is 5.77. The topological polar surface area (TPSA) is 54.0 Å². The summed E-state index contributed by atoms with van der Waals surface area (Å²) in [7, 11) is 0. The largest absolute Gasteiger partial charge is 0.461 e. The normalized spacial score (nSPS) is 10.1. The molecule has 2 rings (SSSR count). The molecule has 3 heteroatoms. The molecule has 0 aliphatic carbocycles. The first kappa shape index (κ1) is 9.47. The third-order valence-electron chi connectivity index (χ3n) is 2.20. The fourth-order valence-electron chi connectivity index (χ4n) is 1.53. The average Bonchev–Trinajstić information content (AvgIpc) is 2.19. The maximum Gasteiger partial charge on any atom is 0.192 e. The zero-order valence-electron chi connectivity index (χ0n) is 8.28. The highest BCUT2D eigenvalue weighted by Gasteiger charge is 2.03. The molecule has 1 aromatic heterocycles. The van der Waals surface area contributed by atoms with Gasteiger partial charge in [0.2, 0.25) is 0 Å². The summed E-state index contributed by atoms with van der Waals surface area (Å²) in [4.78, 5) is 11.6. The van der Waals surface area contributed by atoms with E-state index in [0.29, 0.717) is 23.2 Å². The van der Waals surface area contributed by atoms with E-state index in [1.807, 2.05) is 6.07 Å². The number of aryl methyl sites for hydroxylation is 1. The van der Waals surface area contributed by atoms with Crippen molar-refractivity contribution >= 4 is 11.0 Å². The molecule has 0 amide bonds. The molecule has 0 saturated heterocycles. The quantitative estimate of drug-likeness (QED) is 0.707. The molecular formula is C12H9NO2. The molecule has 0 spiro atoms. The molecule has 0 unspecified atom stereocenters. The van der Waals surface area contributed by atoms with Crippen LogP contribution >= 0.6 is 0 Å². The van der Waals surface area contributed by atoms with Crippen molar-refractivity contribution in [2.24, 2.45) is 0 Å². The van der Waals surface area contributed by atoms with Crippen molar-refractivity contribution in [2.75, 3.05) is 0 Å². The number of nitriles is 1. The Kier molecular flexibility index (Phi) is 2.26. The SMILES string of the molecule is Cc1cc(=O)c2cc(CC#N)ccc2o1. The van der Waals surface area contributed by atoms with Crippen LogP contribution in [0.2, 0.25) is 0 Å². The van der Waals surface area contributed by atoms with Crippen LogP contribution in [0.4, 0.5) is 0 Å². The number of rotatable bonds is 1. The fourth-order valence-corrected chi connectivity index (χ4v) is 1.53. The monoisotopic (exact) mass is 199 g/mol. The molecule has 0 N–H and O–H groups in total. The maximum atomic E-state index is 11.6. The Morgan fingerprint density at radius 3 is 2.93 bits per heavy atom. The van der Waals surface area contributed by atoms with E-state index >= 15 is 0 Å². The predicted molar refractivity (Wildman–Crippen MR) is 56.5 cm³/mol. The minimum atomic E-state index is -0.0615. The molecule has 0 saturated carbocycles. The Morgan fingerprint density at radius 1 is 1.40 bits per heavy atom. The lowest BCUT2D eigenvalue weighted by Gasteiger charge is -2.00. The molecule has 15 heavy (non-hydrogen) atoms. The number of hydrogen-bond donors (Lipinski definition) is 0. The van der Waals surface area contributed by atoms with Gasteiger partial charge in [0.05, 0.1) is 17.9 Å². The number of fused-ring (bicyclic) bond motifs is 1. The molecule has 0 bridgehead atoms. The van der Waals surface area contributed by atoms with Crippen LogP contribution in [0.3, 0.4) is 0 Å². The van der Waals surface area contributed by atoms with Gasteiger partial charge in [-0.25, -0.2) is 0 Å². The summed E-state index contributed by atoms with van der Waals surface area (Å²) in [6.07, 6.45) is 0.309. The molecule has 3 nitrogen and oxygen atoms in total. The van der Waals surface area contributed by atoms with Gasteiger partial charge in [0.25, 0.3) is 0 Å². The van der Waals surface area contributed by atoms with Crippen molar-refractivity contribution in [2.45, 2.75) is 13.3 Å². The van der Waals surface area contributed by atoms with Gasteiger partial charge in [-0.05, 0) is 24.6 Å². The van der Waals surface area contributed by atoms with Gasteiger partial charge >= 0.3 is 0 Å². The highest BCUT2D eigenvalue weighted by atomic mass is 16.3. The first-order chi connectivity index (χ1) is 7.20. The van der Waals surface area contributed by atoms with E-state index in [1.54, 1.807) is 25.1 Å². The minimum absolute atomic E-state index is 0.0615. The number of benzene rings is 1. The molecule has 1 heterocycles. The first-order valence-electron chi connectivity index (χ1n) is 4.61. The molecule has 0 aliphatic rings. The summed E-state index contributed by atoms with van der Waals surface area (Å²) in [5.74, 6) is 0.598. The van der Waals surface area contributed by atoms with Gasteiger partial charge < -0.3 is 4.42 Å². The van der Waals surface area contributed by atoms with Crippen LogP contribution in [0.5, 0.6) is 0 Å². The lowest BCUT2D eigenvalue weighted by Crippen LogP contribution is -2.00. The van der Waals surface area contributed by atoms with Crippen molar-refractivity contribution in [1.82, 2.24) is 0 Å². The Bertz CT molecular complexity index is 605. The summed E-state index contributed by atoms with van der Waals surface area (Å²) >= 11 is 0. The fraction of sp³-hybridized carbons (Fsp3) is 0.167.